The SMILES string of the molecule is CCc1ccc(C(C)Nc2ccc(NC(C)=O)cc2)cc1. The maximum Gasteiger partial charge on any atom is 0.221 e. The van der Waals surface area contributed by atoms with E-state index in [1.807, 2.05) is 24.3 Å². The van der Waals surface area contributed by atoms with Gasteiger partial charge in [0.05, 0.1) is 0 Å². The quantitative estimate of drug-likeness (QED) is 0.854. The number of amides is 1. The van der Waals surface area contributed by atoms with Crippen molar-refractivity contribution in [3.8, 4) is 0 Å². The summed E-state index contributed by atoms with van der Waals surface area (Å²) in [6.07, 6.45) is 1.06. The summed E-state index contributed by atoms with van der Waals surface area (Å²) in [6, 6.07) is 16.7. The Kier molecular flexibility index (Phi) is 4.99. The summed E-state index contributed by atoms with van der Waals surface area (Å²) in [5.74, 6) is -0.0555. The van der Waals surface area contributed by atoms with Crippen LogP contribution < -0.4 is 10.6 Å². The molecule has 2 aromatic rings. The van der Waals surface area contributed by atoms with Gasteiger partial charge in [-0.3, -0.25) is 4.79 Å². The minimum Gasteiger partial charge on any atom is -0.379 e. The van der Waals surface area contributed by atoms with Gasteiger partial charge in [0.2, 0.25) is 5.91 Å². The third kappa shape index (κ3) is 4.35. The molecule has 3 heteroatoms. The Morgan fingerprint density at radius 1 is 1.00 bits per heavy atom. The van der Waals surface area contributed by atoms with E-state index in [4.69, 9.17) is 0 Å². The molecule has 0 aromatic heterocycles. The summed E-state index contributed by atoms with van der Waals surface area (Å²) in [7, 11) is 0. The second-order valence-corrected chi connectivity index (χ2v) is 5.22. The molecule has 0 fully saturated rings. The molecule has 0 aliphatic carbocycles. The molecule has 0 radical (unpaired) electrons. The number of anilines is 2. The summed E-state index contributed by atoms with van der Waals surface area (Å²) in [4.78, 5) is 11.0. The normalized spacial score (nSPS) is 11.8. The van der Waals surface area contributed by atoms with E-state index in [9.17, 15) is 4.79 Å². The maximum absolute atomic E-state index is 11.0. The first-order chi connectivity index (χ1) is 10.1. The number of aryl methyl sites for hydroxylation is 1. The molecule has 0 saturated heterocycles. The lowest BCUT2D eigenvalue weighted by atomic mass is 10.0. The predicted octanol–water partition coefficient (Wildman–Crippen LogP) is 4.38. The summed E-state index contributed by atoms with van der Waals surface area (Å²) < 4.78 is 0. The van der Waals surface area contributed by atoms with Crippen LogP contribution in [0.2, 0.25) is 0 Å². The van der Waals surface area contributed by atoms with Gasteiger partial charge in [0, 0.05) is 24.3 Å². The molecule has 21 heavy (non-hydrogen) atoms. The van der Waals surface area contributed by atoms with E-state index in [2.05, 4.69) is 48.7 Å². The molecule has 2 aromatic carbocycles. The highest BCUT2D eigenvalue weighted by Crippen LogP contribution is 2.21. The fourth-order valence-electron chi connectivity index (χ4n) is 2.23. The summed E-state index contributed by atoms with van der Waals surface area (Å²) in [6.45, 7) is 5.81. The standard InChI is InChI=1S/C18H22N2O/c1-4-15-5-7-16(8-6-15)13(2)19-17-9-11-18(12-10-17)20-14(3)21/h5-13,19H,4H2,1-3H3,(H,20,21). The minimum absolute atomic E-state index is 0.0555. The van der Waals surface area contributed by atoms with Crippen LogP contribution in [0.3, 0.4) is 0 Å². The fraction of sp³-hybridized carbons (Fsp3) is 0.278. The number of carbonyl (C=O) groups excluding carboxylic acids is 1. The molecule has 2 rings (SSSR count). The molecule has 1 amide bonds. The van der Waals surface area contributed by atoms with Crippen LogP contribution in [0.15, 0.2) is 48.5 Å². The van der Waals surface area contributed by atoms with Gasteiger partial charge in [-0.15, -0.1) is 0 Å². The van der Waals surface area contributed by atoms with Crippen LogP contribution in [-0.4, -0.2) is 5.91 Å². The van der Waals surface area contributed by atoms with Crippen LogP contribution in [0.5, 0.6) is 0 Å². The molecule has 3 nitrogen and oxygen atoms in total. The molecular formula is C18H22N2O. The van der Waals surface area contributed by atoms with Gasteiger partial charge in [-0.05, 0) is 48.7 Å². The van der Waals surface area contributed by atoms with Crippen molar-refractivity contribution < 1.29 is 4.79 Å². The lowest BCUT2D eigenvalue weighted by Gasteiger charge is -2.16. The van der Waals surface area contributed by atoms with Crippen molar-refractivity contribution in [3.05, 3.63) is 59.7 Å². The van der Waals surface area contributed by atoms with Crippen LogP contribution in [0.1, 0.15) is 37.9 Å². The summed E-state index contributed by atoms with van der Waals surface area (Å²) in [5, 5.41) is 6.23. The number of rotatable bonds is 5. The summed E-state index contributed by atoms with van der Waals surface area (Å²) >= 11 is 0. The van der Waals surface area contributed by atoms with Crippen LogP contribution in [0.25, 0.3) is 0 Å². The molecule has 2 N–H and O–H groups in total. The Bertz CT molecular complexity index is 588. The average molecular weight is 282 g/mol. The fourth-order valence-corrected chi connectivity index (χ4v) is 2.23. The third-order valence-corrected chi connectivity index (χ3v) is 3.48. The van der Waals surface area contributed by atoms with Crippen LogP contribution in [-0.2, 0) is 11.2 Å². The van der Waals surface area contributed by atoms with E-state index in [0.29, 0.717) is 0 Å². The molecule has 0 aliphatic rings. The number of nitrogens with one attached hydrogen (secondary N) is 2. The zero-order valence-corrected chi connectivity index (χ0v) is 12.8. The average Bonchev–Trinajstić information content (AvgIpc) is 2.49. The van der Waals surface area contributed by atoms with Gasteiger partial charge in [0.25, 0.3) is 0 Å². The molecule has 1 atom stereocenters. The Hall–Kier alpha value is -2.29. The number of carbonyl (C=O) groups is 1. The Labute approximate surface area is 126 Å². The minimum atomic E-state index is -0.0555. The van der Waals surface area contributed by atoms with Gasteiger partial charge in [0.1, 0.15) is 0 Å². The second kappa shape index (κ2) is 6.93. The maximum atomic E-state index is 11.0. The zero-order chi connectivity index (χ0) is 15.2. The first-order valence-electron chi connectivity index (χ1n) is 7.31. The largest absolute Gasteiger partial charge is 0.379 e. The van der Waals surface area contributed by atoms with Gasteiger partial charge in [-0.25, -0.2) is 0 Å². The monoisotopic (exact) mass is 282 g/mol. The number of hydrogen-bond acceptors (Lipinski definition) is 2. The molecule has 0 bridgehead atoms. The van der Waals surface area contributed by atoms with E-state index < -0.39 is 0 Å². The van der Waals surface area contributed by atoms with E-state index in [1.165, 1.54) is 18.1 Å². The van der Waals surface area contributed by atoms with Gasteiger partial charge in [0.15, 0.2) is 0 Å². The van der Waals surface area contributed by atoms with Crippen LogP contribution in [0, 0.1) is 0 Å². The van der Waals surface area contributed by atoms with E-state index in [0.717, 1.165) is 17.8 Å². The molecular weight excluding hydrogens is 260 g/mol. The topological polar surface area (TPSA) is 41.1 Å². The van der Waals surface area contributed by atoms with Gasteiger partial charge >= 0.3 is 0 Å². The highest BCUT2D eigenvalue weighted by atomic mass is 16.1. The Morgan fingerprint density at radius 2 is 1.57 bits per heavy atom. The van der Waals surface area contributed by atoms with Gasteiger partial charge in [-0.2, -0.15) is 0 Å². The van der Waals surface area contributed by atoms with Crippen molar-refractivity contribution in [3.63, 3.8) is 0 Å². The molecule has 1 unspecified atom stereocenters. The zero-order valence-electron chi connectivity index (χ0n) is 12.8. The molecule has 110 valence electrons. The van der Waals surface area contributed by atoms with E-state index in [-0.39, 0.29) is 11.9 Å². The van der Waals surface area contributed by atoms with Gasteiger partial charge in [-0.1, -0.05) is 31.2 Å². The van der Waals surface area contributed by atoms with Crippen molar-refractivity contribution >= 4 is 17.3 Å². The first-order valence-corrected chi connectivity index (χ1v) is 7.31. The first kappa shape index (κ1) is 15.1. The third-order valence-electron chi connectivity index (χ3n) is 3.48. The highest BCUT2D eigenvalue weighted by Gasteiger charge is 2.05. The second-order valence-electron chi connectivity index (χ2n) is 5.22. The lowest BCUT2D eigenvalue weighted by molar-refractivity contribution is -0.114. The summed E-state index contributed by atoms with van der Waals surface area (Å²) in [5.41, 5.74) is 4.47. The van der Waals surface area contributed by atoms with E-state index >= 15 is 0 Å². The number of benzene rings is 2. The van der Waals surface area contributed by atoms with Crippen molar-refractivity contribution in [1.29, 1.82) is 0 Å². The van der Waals surface area contributed by atoms with E-state index in [1.54, 1.807) is 0 Å². The molecule has 0 heterocycles. The van der Waals surface area contributed by atoms with Crippen molar-refractivity contribution in [2.24, 2.45) is 0 Å². The molecule has 0 aliphatic heterocycles. The van der Waals surface area contributed by atoms with Crippen LogP contribution >= 0.6 is 0 Å². The highest BCUT2D eigenvalue weighted by molar-refractivity contribution is 5.88. The van der Waals surface area contributed by atoms with Crippen molar-refractivity contribution in [1.82, 2.24) is 0 Å². The van der Waals surface area contributed by atoms with Crippen molar-refractivity contribution in [2.45, 2.75) is 33.2 Å². The Balaban J connectivity index is 2.01. The molecule has 0 spiro atoms. The van der Waals surface area contributed by atoms with Crippen LogP contribution in [0.4, 0.5) is 11.4 Å². The predicted molar refractivity (Wildman–Crippen MR) is 88.6 cm³/mol. The lowest BCUT2D eigenvalue weighted by Crippen LogP contribution is -2.08. The Morgan fingerprint density at radius 3 is 2.10 bits per heavy atom. The smallest absolute Gasteiger partial charge is 0.221 e. The van der Waals surface area contributed by atoms with Crippen molar-refractivity contribution in [2.75, 3.05) is 10.6 Å². The number of hydrogen-bond donors (Lipinski definition) is 2. The van der Waals surface area contributed by atoms with Gasteiger partial charge < -0.3 is 10.6 Å². The molecule has 0 saturated carbocycles.